The highest BCUT2D eigenvalue weighted by Crippen LogP contribution is 2.42. The molecule has 9 heteroatoms. The van der Waals surface area contributed by atoms with Gasteiger partial charge in [-0.3, -0.25) is 19.7 Å². The molecule has 1 unspecified atom stereocenters. The van der Waals surface area contributed by atoms with Crippen LogP contribution in [0.5, 0.6) is 0 Å². The third-order valence-electron chi connectivity index (χ3n) is 5.01. The summed E-state index contributed by atoms with van der Waals surface area (Å²) in [5.74, 6) is -2.65. The van der Waals surface area contributed by atoms with Gasteiger partial charge in [-0.05, 0) is 37.7 Å². The number of likely N-dealkylation sites (tertiary alicyclic amines) is 1. The molecule has 0 saturated carbocycles. The predicted molar refractivity (Wildman–Crippen MR) is 80.1 cm³/mol. The lowest BCUT2D eigenvalue weighted by atomic mass is 9.71. The van der Waals surface area contributed by atoms with E-state index in [4.69, 9.17) is 0 Å². The normalized spacial score (nSPS) is 23.5. The number of aryl methyl sites for hydroxylation is 1. The molecule has 0 N–H and O–H groups in total. The van der Waals surface area contributed by atoms with Gasteiger partial charge in [-0.25, -0.2) is 0 Å². The summed E-state index contributed by atoms with van der Waals surface area (Å²) >= 11 is 0. The van der Waals surface area contributed by atoms with Gasteiger partial charge >= 0.3 is 12.1 Å². The number of fused-ring (bicyclic) bond motifs is 1. The van der Waals surface area contributed by atoms with Crippen LogP contribution < -0.4 is 0 Å². The van der Waals surface area contributed by atoms with Gasteiger partial charge in [0.25, 0.3) is 5.69 Å². The van der Waals surface area contributed by atoms with E-state index in [0.29, 0.717) is 29.7 Å². The minimum atomic E-state index is -5.06. The quantitative estimate of drug-likeness (QED) is 0.572. The van der Waals surface area contributed by atoms with Crippen molar-refractivity contribution in [3.05, 3.63) is 39.4 Å². The third-order valence-corrected chi connectivity index (χ3v) is 5.01. The lowest BCUT2D eigenvalue weighted by molar-refractivity contribution is -0.384. The van der Waals surface area contributed by atoms with Crippen LogP contribution in [0.1, 0.15) is 41.6 Å². The van der Waals surface area contributed by atoms with Gasteiger partial charge in [0.15, 0.2) is 5.78 Å². The van der Waals surface area contributed by atoms with E-state index < -0.39 is 28.3 Å². The fourth-order valence-electron chi connectivity index (χ4n) is 3.79. The number of nitro groups is 1. The van der Waals surface area contributed by atoms with Crippen molar-refractivity contribution >= 4 is 17.4 Å². The molecule has 1 spiro atoms. The monoisotopic (exact) mass is 356 g/mol. The predicted octanol–water partition coefficient (Wildman–Crippen LogP) is 3.04. The molecule has 3 rings (SSSR count). The number of non-ortho nitro benzene ring substituents is 1. The van der Waals surface area contributed by atoms with Crippen LogP contribution in [0.2, 0.25) is 0 Å². The number of benzene rings is 1. The van der Waals surface area contributed by atoms with Crippen molar-refractivity contribution in [2.24, 2.45) is 0 Å². The van der Waals surface area contributed by atoms with Crippen molar-refractivity contribution in [2.45, 2.75) is 43.8 Å². The van der Waals surface area contributed by atoms with Crippen LogP contribution >= 0.6 is 0 Å². The number of carbonyl (C=O) groups excluding carboxylic acids is 2. The molecule has 0 aromatic heterocycles. The lowest BCUT2D eigenvalue weighted by Crippen LogP contribution is -2.63. The number of rotatable bonds is 1. The van der Waals surface area contributed by atoms with Crippen LogP contribution in [0.4, 0.5) is 18.9 Å². The van der Waals surface area contributed by atoms with E-state index in [2.05, 4.69) is 0 Å². The van der Waals surface area contributed by atoms with E-state index in [1.807, 2.05) is 0 Å². The Bertz CT molecular complexity index is 762. The first-order valence-electron chi connectivity index (χ1n) is 7.88. The number of nitro benzene ring substituents is 1. The first-order chi connectivity index (χ1) is 11.7. The van der Waals surface area contributed by atoms with Crippen molar-refractivity contribution in [1.82, 2.24) is 4.90 Å². The molecular formula is C16H15F3N2O4. The number of carbonyl (C=O) groups is 2. The van der Waals surface area contributed by atoms with Gasteiger partial charge in [-0.15, -0.1) is 0 Å². The second kappa shape index (κ2) is 5.82. The summed E-state index contributed by atoms with van der Waals surface area (Å²) in [5, 5.41) is 10.9. The van der Waals surface area contributed by atoms with Crippen molar-refractivity contribution in [1.29, 1.82) is 0 Å². The minimum Gasteiger partial charge on any atom is -0.322 e. The Hall–Kier alpha value is -2.45. The largest absolute Gasteiger partial charge is 0.471 e. The highest BCUT2D eigenvalue weighted by Gasteiger charge is 2.55. The van der Waals surface area contributed by atoms with Gasteiger partial charge in [0.2, 0.25) is 0 Å². The number of piperidine rings is 1. The molecule has 1 aliphatic carbocycles. The van der Waals surface area contributed by atoms with Crippen LogP contribution in [0.25, 0.3) is 0 Å². The molecule has 6 nitrogen and oxygen atoms in total. The van der Waals surface area contributed by atoms with Gasteiger partial charge < -0.3 is 4.90 Å². The summed E-state index contributed by atoms with van der Waals surface area (Å²) < 4.78 is 38.9. The second-order valence-electron chi connectivity index (χ2n) is 6.37. The second-order valence-corrected chi connectivity index (χ2v) is 6.37. The summed E-state index contributed by atoms with van der Waals surface area (Å²) in [4.78, 5) is 35.8. The molecular weight excluding hydrogens is 341 g/mol. The van der Waals surface area contributed by atoms with E-state index in [1.165, 1.54) is 12.1 Å². The fourth-order valence-corrected chi connectivity index (χ4v) is 3.79. The Morgan fingerprint density at radius 1 is 1.24 bits per heavy atom. The lowest BCUT2D eigenvalue weighted by Gasteiger charge is -2.48. The molecule has 1 heterocycles. The zero-order valence-corrected chi connectivity index (χ0v) is 13.1. The van der Waals surface area contributed by atoms with Crippen LogP contribution in [-0.4, -0.2) is 39.8 Å². The molecule has 2 aliphatic rings. The number of alkyl halides is 3. The smallest absolute Gasteiger partial charge is 0.322 e. The van der Waals surface area contributed by atoms with E-state index >= 15 is 0 Å². The first-order valence-corrected chi connectivity index (χ1v) is 7.88. The van der Waals surface area contributed by atoms with E-state index in [1.54, 1.807) is 0 Å². The Morgan fingerprint density at radius 2 is 1.96 bits per heavy atom. The zero-order chi connectivity index (χ0) is 18.4. The summed E-state index contributed by atoms with van der Waals surface area (Å²) in [6.45, 7) is -0.145. The number of halogens is 3. The van der Waals surface area contributed by atoms with Gasteiger partial charge in [0.05, 0.1) is 4.92 Å². The molecule has 1 amide bonds. The summed E-state index contributed by atoms with van der Waals surface area (Å²) in [6.07, 6.45) is -3.63. The van der Waals surface area contributed by atoms with E-state index in [-0.39, 0.29) is 30.6 Å². The molecule has 1 fully saturated rings. The molecule has 1 saturated heterocycles. The molecule has 0 radical (unpaired) electrons. The van der Waals surface area contributed by atoms with Crippen LogP contribution in [-0.2, 0) is 11.2 Å². The summed E-state index contributed by atoms with van der Waals surface area (Å²) in [6, 6.07) is 3.82. The fraction of sp³-hybridized carbons (Fsp3) is 0.500. The summed E-state index contributed by atoms with van der Waals surface area (Å²) in [5.41, 5.74) is -1.25. The average molecular weight is 356 g/mol. The maximum atomic E-state index is 13.0. The molecule has 0 bridgehead atoms. The van der Waals surface area contributed by atoms with Crippen LogP contribution in [0.15, 0.2) is 18.2 Å². The number of Topliss-reactive ketones (excluding diaryl/α,β-unsaturated/α-hetero) is 1. The molecule has 1 aliphatic heterocycles. The van der Waals surface area contributed by atoms with Gasteiger partial charge in [-0.1, -0.05) is 6.07 Å². The highest BCUT2D eigenvalue weighted by molar-refractivity contribution is 6.08. The van der Waals surface area contributed by atoms with Gasteiger partial charge in [-0.2, -0.15) is 13.2 Å². The Morgan fingerprint density at radius 3 is 2.60 bits per heavy atom. The third kappa shape index (κ3) is 2.77. The van der Waals surface area contributed by atoms with Crippen LogP contribution in [0, 0.1) is 10.1 Å². The SMILES string of the molecule is O=C(N1CCCCC12CCc1ccc([N+](=O)[O-])cc1C2=O)C(F)(F)F. The first kappa shape index (κ1) is 17.4. The van der Waals surface area contributed by atoms with Crippen molar-refractivity contribution in [2.75, 3.05) is 6.54 Å². The standard InChI is InChI=1S/C16H15F3N2O4/c17-16(18,19)14(23)20-8-2-1-6-15(20)7-5-10-3-4-11(21(24)25)9-12(10)13(15)22/h3-4,9H,1-2,5-8H2. The Balaban J connectivity index is 2.06. The maximum Gasteiger partial charge on any atom is 0.471 e. The van der Waals surface area contributed by atoms with Gasteiger partial charge in [0.1, 0.15) is 5.54 Å². The molecule has 134 valence electrons. The van der Waals surface area contributed by atoms with Crippen LogP contribution in [0.3, 0.4) is 0 Å². The van der Waals surface area contributed by atoms with Gasteiger partial charge in [0, 0.05) is 24.2 Å². The van der Waals surface area contributed by atoms with E-state index in [0.717, 1.165) is 6.07 Å². The highest BCUT2D eigenvalue weighted by atomic mass is 19.4. The van der Waals surface area contributed by atoms with Crippen molar-refractivity contribution < 1.29 is 27.7 Å². The maximum absolute atomic E-state index is 13.0. The average Bonchev–Trinajstić information content (AvgIpc) is 2.57. The molecule has 25 heavy (non-hydrogen) atoms. The number of ketones is 1. The molecule has 1 atom stereocenters. The Kier molecular flexibility index (Phi) is 4.04. The minimum absolute atomic E-state index is 0.0438. The number of nitrogens with zero attached hydrogens (tertiary/aromatic N) is 2. The number of amides is 1. The number of hydrogen-bond acceptors (Lipinski definition) is 4. The summed E-state index contributed by atoms with van der Waals surface area (Å²) in [7, 11) is 0. The number of hydrogen-bond donors (Lipinski definition) is 0. The topological polar surface area (TPSA) is 80.5 Å². The van der Waals surface area contributed by atoms with Crippen molar-refractivity contribution in [3.8, 4) is 0 Å². The molecule has 1 aromatic rings. The molecule has 1 aromatic carbocycles. The van der Waals surface area contributed by atoms with Crippen molar-refractivity contribution in [3.63, 3.8) is 0 Å². The Labute approximate surface area is 140 Å². The van der Waals surface area contributed by atoms with E-state index in [9.17, 15) is 32.9 Å². The zero-order valence-electron chi connectivity index (χ0n) is 13.1.